The van der Waals surface area contributed by atoms with E-state index in [0.29, 0.717) is 11.2 Å². The first-order chi connectivity index (χ1) is 22.0. The minimum Gasteiger partial charge on any atom is -0.455 e. The lowest BCUT2D eigenvalue weighted by molar-refractivity contribution is -0.168. The molecule has 0 amide bonds. The predicted octanol–water partition coefficient (Wildman–Crippen LogP) is 6.96. The van der Waals surface area contributed by atoms with Gasteiger partial charge in [-0.3, -0.25) is 14.2 Å². The van der Waals surface area contributed by atoms with Crippen molar-refractivity contribution >= 4 is 28.9 Å². The molecular weight excluding hydrogens is 574 g/mol. The van der Waals surface area contributed by atoms with Crippen LogP contribution >= 0.6 is 0 Å². The average Bonchev–Trinajstić information content (AvgIpc) is 3.61. The minimum absolute atomic E-state index is 0.207. The molecular formula is C34H57N5O6. The summed E-state index contributed by atoms with van der Waals surface area (Å²) in [6, 6.07) is 0. The fourth-order valence-electron chi connectivity index (χ4n) is 5.98. The second kappa shape index (κ2) is 21.1. The number of aliphatic hydroxyl groups excluding tert-OH is 1. The van der Waals surface area contributed by atoms with E-state index in [9.17, 15) is 14.7 Å². The Bertz CT molecular complexity index is 1130. The van der Waals surface area contributed by atoms with E-state index in [0.717, 1.165) is 38.5 Å². The average molecular weight is 632 g/mol. The Labute approximate surface area is 269 Å². The SMILES string of the molecule is CCCCCCCCCCCC(=O)O[C@@H]1[C@H](OC(=O)CCCCCCCCCCC)[C@@H](CO)O[C@H]1n1cnc2c(N)ncnc21. The van der Waals surface area contributed by atoms with Crippen LogP contribution in [0.5, 0.6) is 0 Å². The maximum absolute atomic E-state index is 13.1. The Morgan fingerprint density at radius 3 is 1.76 bits per heavy atom. The molecule has 0 aromatic carbocycles. The topological polar surface area (TPSA) is 152 Å². The van der Waals surface area contributed by atoms with Crippen molar-refractivity contribution in [3.8, 4) is 0 Å². The summed E-state index contributed by atoms with van der Waals surface area (Å²) in [5.74, 6) is -0.584. The monoisotopic (exact) mass is 631 g/mol. The summed E-state index contributed by atoms with van der Waals surface area (Å²) < 4.78 is 19.6. The smallest absolute Gasteiger partial charge is 0.306 e. The second-order valence-corrected chi connectivity index (χ2v) is 12.4. The summed E-state index contributed by atoms with van der Waals surface area (Å²) in [7, 11) is 0. The predicted molar refractivity (Wildman–Crippen MR) is 174 cm³/mol. The highest BCUT2D eigenvalue weighted by Crippen LogP contribution is 2.36. The van der Waals surface area contributed by atoms with Gasteiger partial charge in [0.05, 0.1) is 12.9 Å². The van der Waals surface area contributed by atoms with Crippen molar-refractivity contribution in [3.05, 3.63) is 12.7 Å². The van der Waals surface area contributed by atoms with Gasteiger partial charge < -0.3 is 25.1 Å². The maximum atomic E-state index is 13.1. The van der Waals surface area contributed by atoms with Crippen LogP contribution in [-0.2, 0) is 23.8 Å². The van der Waals surface area contributed by atoms with Gasteiger partial charge in [0.2, 0.25) is 0 Å². The van der Waals surface area contributed by atoms with Crippen LogP contribution in [0.4, 0.5) is 5.82 Å². The molecule has 0 aliphatic carbocycles. The van der Waals surface area contributed by atoms with E-state index < -0.39 is 43.1 Å². The molecule has 1 fully saturated rings. The molecule has 3 rings (SSSR count). The van der Waals surface area contributed by atoms with Crippen molar-refractivity contribution < 1.29 is 28.9 Å². The molecule has 0 spiro atoms. The molecule has 11 nitrogen and oxygen atoms in total. The van der Waals surface area contributed by atoms with E-state index in [2.05, 4.69) is 28.8 Å². The van der Waals surface area contributed by atoms with Crippen LogP contribution < -0.4 is 5.73 Å². The maximum Gasteiger partial charge on any atom is 0.306 e. The molecule has 11 heteroatoms. The summed E-state index contributed by atoms with van der Waals surface area (Å²) in [5, 5.41) is 10.2. The number of anilines is 1. The molecule has 1 aliphatic rings. The lowest BCUT2D eigenvalue weighted by atomic mass is 10.1. The minimum atomic E-state index is -0.992. The Kier molecular flexibility index (Phi) is 17.2. The highest BCUT2D eigenvalue weighted by Gasteiger charge is 2.50. The first kappa shape index (κ1) is 36.7. The largest absolute Gasteiger partial charge is 0.455 e. The van der Waals surface area contributed by atoms with E-state index in [4.69, 9.17) is 19.9 Å². The third-order valence-corrected chi connectivity index (χ3v) is 8.63. The number of ether oxygens (including phenoxy) is 3. The number of esters is 2. The number of aromatic nitrogens is 4. The van der Waals surface area contributed by atoms with Gasteiger partial charge in [-0.15, -0.1) is 0 Å². The van der Waals surface area contributed by atoms with Gasteiger partial charge in [0.1, 0.15) is 17.9 Å². The van der Waals surface area contributed by atoms with Crippen LogP contribution in [0.2, 0.25) is 0 Å². The van der Waals surface area contributed by atoms with Crippen molar-refractivity contribution in [1.29, 1.82) is 0 Å². The molecule has 1 saturated heterocycles. The first-order valence-corrected chi connectivity index (χ1v) is 17.6. The van der Waals surface area contributed by atoms with Crippen LogP contribution in [0.3, 0.4) is 0 Å². The number of hydrogen-bond acceptors (Lipinski definition) is 10. The van der Waals surface area contributed by atoms with Gasteiger partial charge in [-0.05, 0) is 12.8 Å². The number of rotatable bonds is 24. The summed E-state index contributed by atoms with van der Waals surface area (Å²) in [5.41, 5.74) is 6.77. The van der Waals surface area contributed by atoms with Gasteiger partial charge in [0.25, 0.3) is 0 Å². The number of carbonyl (C=O) groups is 2. The highest BCUT2D eigenvalue weighted by molar-refractivity contribution is 5.81. The van der Waals surface area contributed by atoms with Crippen molar-refractivity contribution in [2.75, 3.05) is 12.3 Å². The molecule has 3 N–H and O–H groups in total. The Balaban J connectivity index is 1.58. The molecule has 0 bridgehead atoms. The molecule has 45 heavy (non-hydrogen) atoms. The highest BCUT2D eigenvalue weighted by atomic mass is 16.6. The van der Waals surface area contributed by atoms with Gasteiger partial charge in [-0.2, -0.15) is 0 Å². The molecule has 1 aliphatic heterocycles. The number of carbonyl (C=O) groups excluding carboxylic acids is 2. The van der Waals surface area contributed by atoms with Crippen LogP contribution in [0.15, 0.2) is 12.7 Å². The standard InChI is InChI=1S/C34H57N5O6/c1-3-5-7-9-11-13-15-17-19-21-27(41)44-30-26(23-40)43-34(39-25-38-29-32(35)36-24-37-33(29)39)31(30)45-28(42)22-20-18-16-14-12-10-8-6-4-2/h24-26,30-31,34,40H,3-23H2,1-2H3,(H2,35,36,37)/t26-,30-,31-,34-/m1/s1. The van der Waals surface area contributed by atoms with Gasteiger partial charge >= 0.3 is 11.9 Å². The van der Waals surface area contributed by atoms with Gasteiger partial charge in [0, 0.05) is 12.8 Å². The fourth-order valence-corrected chi connectivity index (χ4v) is 5.98. The van der Waals surface area contributed by atoms with Crippen molar-refractivity contribution in [2.24, 2.45) is 0 Å². The molecule has 4 atom stereocenters. The summed E-state index contributed by atoms with van der Waals surface area (Å²) in [4.78, 5) is 38.6. The summed E-state index contributed by atoms with van der Waals surface area (Å²) in [6.45, 7) is 4.02. The molecule has 0 unspecified atom stereocenters. The quantitative estimate of drug-likeness (QED) is 0.0918. The third-order valence-electron chi connectivity index (χ3n) is 8.63. The lowest BCUT2D eigenvalue weighted by Gasteiger charge is -2.24. The molecule has 3 heterocycles. The van der Waals surface area contributed by atoms with Crippen molar-refractivity contribution in [3.63, 3.8) is 0 Å². The van der Waals surface area contributed by atoms with Crippen molar-refractivity contribution in [1.82, 2.24) is 19.5 Å². The second-order valence-electron chi connectivity index (χ2n) is 12.4. The van der Waals surface area contributed by atoms with Crippen LogP contribution in [-0.4, -0.2) is 61.5 Å². The van der Waals surface area contributed by atoms with Gasteiger partial charge in [-0.25, -0.2) is 15.0 Å². The number of unbranched alkanes of at least 4 members (excludes halogenated alkanes) is 16. The number of nitrogens with two attached hydrogens (primary N) is 1. The first-order valence-electron chi connectivity index (χ1n) is 17.6. The molecule has 0 saturated carbocycles. The Morgan fingerprint density at radius 2 is 1.24 bits per heavy atom. The lowest BCUT2D eigenvalue weighted by Crippen LogP contribution is -2.40. The van der Waals surface area contributed by atoms with E-state index in [1.165, 1.54) is 89.7 Å². The zero-order valence-corrected chi connectivity index (χ0v) is 27.7. The Morgan fingerprint density at radius 1 is 0.756 bits per heavy atom. The normalized spacial score (nSPS) is 19.7. The fraction of sp³-hybridized carbons (Fsp3) is 0.794. The van der Waals surface area contributed by atoms with E-state index >= 15 is 0 Å². The van der Waals surface area contributed by atoms with E-state index in [1.54, 1.807) is 4.57 Å². The molecule has 2 aromatic heterocycles. The van der Waals surface area contributed by atoms with Crippen LogP contribution in [0, 0.1) is 0 Å². The van der Waals surface area contributed by atoms with Crippen LogP contribution in [0.25, 0.3) is 11.2 Å². The molecule has 254 valence electrons. The zero-order chi connectivity index (χ0) is 32.3. The van der Waals surface area contributed by atoms with Crippen molar-refractivity contribution in [2.45, 2.75) is 167 Å². The molecule has 0 radical (unpaired) electrons. The number of fused-ring (bicyclic) bond motifs is 1. The number of imidazole rings is 1. The number of aliphatic hydroxyl groups is 1. The van der Waals surface area contributed by atoms with Gasteiger partial charge in [-0.1, -0.05) is 117 Å². The number of nitrogens with zero attached hydrogens (tertiary/aromatic N) is 4. The van der Waals surface area contributed by atoms with E-state index in [-0.39, 0.29) is 18.7 Å². The summed E-state index contributed by atoms with van der Waals surface area (Å²) in [6.07, 6.45) is 20.1. The van der Waals surface area contributed by atoms with Gasteiger partial charge in [0.15, 0.2) is 29.9 Å². The summed E-state index contributed by atoms with van der Waals surface area (Å²) >= 11 is 0. The zero-order valence-electron chi connectivity index (χ0n) is 27.7. The number of nitrogen functional groups attached to an aromatic ring is 1. The Hall–Kier alpha value is -2.79. The van der Waals surface area contributed by atoms with E-state index in [1.807, 2.05) is 0 Å². The number of hydrogen-bond donors (Lipinski definition) is 2. The molecule has 2 aromatic rings. The van der Waals surface area contributed by atoms with Crippen LogP contribution in [0.1, 0.15) is 148 Å². The third kappa shape index (κ3) is 12.2.